The highest BCUT2D eigenvalue weighted by Gasteiger charge is 2.35. The van der Waals surface area contributed by atoms with E-state index in [2.05, 4.69) is 4.98 Å². The molecule has 0 saturated heterocycles. The fraction of sp³-hybridized carbons (Fsp3) is 0.300. The molecule has 78 valence electrons. The summed E-state index contributed by atoms with van der Waals surface area (Å²) in [6.07, 6.45) is 2.13. The van der Waals surface area contributed by atoms with Crippen molar-refractivity contribution >= 4 is 11.8 Å². The Kier molecular flexibility index (Phi) is 2.47. The van der Waals surface area contributed by atoms with Gasteiger partial charge in [0.2, 0.25) is 0 Å². The van der Waals surface area contributed by atoms with Crippen LogP contribution in [0.4, 0.5) is 0 Å². The van der Waals surface area contributed by atoms with Crippen LogP contribution in [0, 0.1) is 0 Å². The molecular formula is C10H11N3O2. The van der Waals surface area contributed by atoms with Crippen LogP contribution in [0.5, 0.6) is 0 Å². The van der Waals surface area contributed by atoms with Crippen LogP contribution in [0.2, 0.25) is 0 Å². The van der Waals surface area contributed by atoms with Crippen LogP contribution in [0.1, 0.15) is 27.3 Å². The molecule has 0 radical (unpaired) electrons. The number of rotatable bonds is 3. The predicted octanol–water partition coefficient (Wildman–Crippen LogP) is 0.0264. The van der Waals surface area contributed by atoms with Crippen molar-refractivity contribution in [3.63, 3.8) is 0 Å². The van der Waals surface area contributed by atoms with Gasteiger partial charge in [-0.2, -0.15) is 0 Å². The Morgan fingerprint density at radius 3 is 2.80 bits per heavy atom. The number of nitrogens with zero attached hydrogens (tertiary/aromatic N) is 2. The van der Waals surface area contributed by atoms with Crippen molar-refractivity contribution in [3.8, 4) is 0 Å². The van der Waals surface area contributed by atoms with Gasteiger partial charge in [-0.05, 0) is 25.1 Å². The van der Waals surface area contributed by atoms with Gasteiger partial charge in [0.1, 0.15) is 5.69 Å². The van der Waals surface area contributed by atoms with Crippen molar-refractivity contribution in [1.82, 2.24) is 9.88 Å². The summed E-state index contributed by atoms with van der Waals surface area (Å²) in [4.78, 5) is 28.6. The minimum absolute atomic E-state index is 0.250. The topological polar surface area (TPSA) is 76.3 Å². The van der Waals surface area contributed by atoms with Crippen LogP contribution in [0.15, 0.2) is 18.3 Å². The minimum atomic E-state index is -0.316. The van der Waals surface area contributed by atoms with Crippen LogP contribution < -0.4 is 5.73 Å². The lowest BCUT2D eigenvalue weighted by Crippen LogP contribution is -2.31. The summed E-state index contributed by atoms with van der Waals surface area (Å²) in [5.74, 6) is -0.583. The zero-order valence-electron chi connectivity index (χ0n) is 8.14. The van der Waals surface area contributed by atoms with Gasteiger partial charge in [-0.25, -0.2) is 0 Å². The molecule has 0 aliphatic carbocycles. The SMILES string of the molecule is NCCCN1C(=O)c2cccnc2C1=O. The molecule has 1 aromatic heterocycles. The van der Waals surface area contributed by atoms with E-state index < -0.39 is 0 Å². The predicted molar refractivity (Wildman–Crippen MR) is 53.3 cm³/mol. The second-order valence-electron chi connectivity index (χ2n) is 3.30. The minimum Gasteiger partial charge on any atom is -0.330 e. The molecule has 1 aromatic rings. The molecule has 1 aliphatic rings. The molecule has 0 fully saturated rings. The second kappa shape index (κ2) is 3.78. The van der Waals surface area contributed by atoms with Crippen LogP contribution in [-0.2, 0) is 0 Å². The molecule has 0 bridgehead atoms. The third-order valence-electron chi connectivity index (χ3n) is 2.32. The molecule has 0 atom stereocenters. The number of carbonyl (C=O) groups excluding carboxylic acids is 2. The van der Waals surface area contributed by atoms with Crippen molar-refractivity contribution in [2.75, 3.05) is 13.1 Å². The summed E-state index contributed by atoms with van der Waals surface area (Å²) in [5.41, 5.74) is 5.98. The maximum absolute atomic E-state index is 11.7. The summed E-state index contributed by atoms with van der Waals surface area (Å²) >= 11 is 0. The summed E-state index contributed by atoms with van der Waals surface area (Å²) in [6, 6.07) is 3.27. The lowest BCUT2D eigenvalue weighted by atomic mass is 10.2. The van der Waals surface area contributed by atoms with Crippen LogP contribution >= 0.6 is 0 Å². The molecule has 2 N–H and O–H groups in total. The van der Waals surface area contributed by atoms with Crippen molar-refractivity contribution in [2.45, 2.75) is 6.42 Å². The van der Waals surface area contributed by atoms with Gasteiger partial charge < -0.3 is 5.73 Å². The number of imide groups is 1. The lowest BCUT2D eigenvalue weighted by Gasteiger charge is -2.11. The molecule has 0 saturated carbocycles. The first-order valence-electron chi connectivity index (χ1n) is 4.77. The highest BCUT2D eigenvalue weighted by Crippen LogP contribution is 2.20. The standard InChI is InChI=1S/C10H11N3O2/c11-4-2-6-13-9(14)7-3-1-5-12-8(7)10(13)15/h1,3,5H,2,4,6,11H2. The molecule has 2 rings (SSSR count). The number of nitrogens with two attached hydrogens (primary N) is 1. The third kappa shape index (κ3) is 1.50. The van der Waals surface area contributed by atoms with Crippen LogP contribution in [-0.4, -0.2) is 34.8 Å². The molecular weight excluding hydrogens is 194 g/mol. The number of fused-ring (bicyclic) bond motifs is 1. The summed E-state index contributed by atoms with van der Waals surface area (Å²) in [7, 11) is 0. The smallest absolute Gasteiger partial charge is 0.280 e. The number of aromatic nitrogens is 1. The zero-order valence-corrected chi connectivity index (χ0v) is 8.14. The van der Waals surface area contributed by atoms with Crippen molar-refractivity contribution in [1.29, 1.82) is 0 Å². The number of amides is 2. The van der Waals surface area contributed by atoms with Gasteiger partial charge in [0, 0.05) is 12.7 Å². The fourth-order valence-electron chi connectivity index (χ4n) is 1.57. The van der Waals surface area contributed by atoms with Gasteiger partial charge in [-0.15, -0.1) is 0 Å². The first-order chi connectivity index (χ1) is 7.25. The number of carbonyl (C=O) groups is 2. The van der Waals surface area contributed by atoms with Crippen molar-refractivity contribution < 1.29 is 9.59 Å². The van der Waals surface area contributed by atoms with E-state index in [4.69, 9.17) is 5.73 Å². The summed E-state index contributed by atoms with van der Waals surface area (Å²) in [5, 5.41) is 0. The molecule has 5 nitrogen and oxygen atoms in total. The van der Waals surface area contributed by atoms with E-state index in [1.54, 1.807) is 12.1 Å². The van der Waals surface area contributed by atoms with E-state index in [0.29, 0.717) is 25.1 Å². The first-order valence-corrected chi connectivity index (χ1v) is 4.77. The highest BCUT2D eigenvalue weighted by molar-refractivity contribution is 6.20. The highest BCUT2D eigenvalue weighted by atomic mass is 16.2. The quantitative estimate of drug-likeness (QED) is 0.706. The normalized spacial score (nSPS) is 14.6. The summed E-state index contributed by atoms with van der Waals surface area (Å²) in [6.45, 7) is 0.825. The molecule has 0 unspecified atom stereocenters. The first kappa shape index (κ1) is 9.79. The fourth-order valence-corrected chi connectivity index (χ4v) is 1.57. The molecule has 2 heterocycles. The van der Waals surface area contributed by atoms with E-state index >= 15 is 0 Å². The number of hydrogen-bond acceptors (Lipinski definition) is 4. The monoisotopic (exact) mass is 205 g/mol. The van der Waals surface area contributed by atoms with Gasteiger partial charge in [0.15, 0.2) is 0 Å². The van der Waals surface area contributed by atoms with Gasteiger partial charge in [-0.1, -0.05) is 0 Å². The lowest BCUT2D eigenvalue weighted by molar-refractivity contribution is 0.0652. The molecule has 15 heavy (non-hydrogen) atoms. The van der Waals surface area contributed by atoms with E-state index in [1.165, 1.54) is 11.1 Å². The zero-order chi connectivity index (χ0) is 10.8. The average Bonchev–Trinajstić information content (AvgIpc) is 2.51. The van der Waals surface area contributed by atoms with E-state index in [0.717, 1.165) is 0 Å². The Morgan fingerprint density at radius 1 is 1.33 bits per heavy atom. The van der Waals surface area contributed by atoms with Gasteiger partial charge in [0.25, 0.3) is 11.8 Å². The van der Waals surface area contributed by atoms with E-state index in [1.807, 2.05) is 0 Å². The van der Waals surface area contributed by atoms with E-state index in [9.17, 15) is 9.59 Å². The molecule has 1 aliphatic heterocycles. The molecule has 2 amide bonds. The van der Waals surface area contributed by atoms with Crippen molar-refractivity contribution in [3.05, 3.63) is 29.6 Å². The van der Waals surface area contributed by atoms with Gasteiger partial charge in [0.05, 0.1) is 5.56 Å². The maximum Gasteiger partial charge on any atom is 0.280 e. The van der Waals surface area contributed by atoms with Gasteiger partial charge in [-0.3, -0.25) is 19.5 Å². The Bertz CT molecular complexity index is 382. The van der Waals surface area contributed by atoms with Crippen LogP contribution in [0.3, 0.4) is 0 Å². The largest absolute Gasteiger partial charge is 0.330 e. The van der Waals surface area contributed by atoms with E-state index in [-0.39, 0.29) is 17.5 Å². The Balaban J connectivity index is 2.29. The number of hydrogen-bond donors (Lipinski definition) is 1. The third-order valence-corrected chi connectivity index (χ3v) is 2.32. The second-order valence-corrected chi connectivity index (χ2v) is 3.30. The molecule has 5 heteroatoms. The number of pyridine rings is 1. The Labute approximate surface area is 86.9 Å². The maximum atomic E-state index is 11.7. The van der Waals surface area contributed by atoms with Crippen LogP contribution in [0.25, 0.3) is 0 Å². The van der Waals surface area contributed by atoms with Gasteiger partial charge >= 0.3 is 0 Å². The Hall–Kier alpha value is -1.75. The molecule has 0 aromatic carbocycles. The average molecular weight is 205 g/mol. The molecule has 0 spiro atoms. The summed E-state index contributed by atoms with van der Waals surface area (Å²) < 4.78 is 0. The van der Waals surface area contributed by atoms with Crippen molar-refractivity contribution in [2.24, 2.45) is 5.73 Å². The Morgan fingerprint density at radius 2 is 2.13 bits per heavy atom.